The average Bonchev–Trinajstić information content (AvgIpc) is 3.27. The number of fused-ring (bicyclic) bond motifs is 2. The van der Waals surface area contributed by atoms with E-state index in [2.05, 4.69) is 4.74 Å². The summed E-state index contributed by atoms with van der Waals surface area (Å²) in [5.74, 6) is -4.71. The Labute approximate surface area is 231 Å². The van der Waals surface area contributed by atoms with E-state index in [0.717, 1.165) is 7.14 Å². The smallest absolute Gasteiger partial charge is 0.432 e. The lowest BCUT2D eigenvalue weighted by Gasteiger charge is -2.31. The first-order valence-corrected chi connectivity index (χ1v) is 14.1. The Bertz CT molecular complexity index is 1110. The van der Waals surface area contributed by atoms with Crippen LogP contribution in [0.4, 0.5) is 22.0 Å². The van der Waals surface area contributed by atoms with Gasteiger partial charge in [-0.1, -0.05) is 0 Å². The SMILES string of the molecule is O=C(OC1CC2CC(C(=O)OC(C(F)(F)F)C(F)(F)S(=O)(=O)O)C1C2)c1cc(I)cc(I)c1I. The molecule has 3 rings (SSSR count). The van der Waals surface area contributed by atoms with Crippen LogP contribution in [0.3, 0.4) is 0 Å². The van der Waals surface area contributed by atoms with Gasteiger partial charge >= 0.3 is 33.5 Å². The van der Waals surface area contributed by atoms with E-state index in [9.17, 15) is 40.0 Å². The van der Waals surface area contributed by atoms with Crippen molar-refractivity contribution >= 4 is 89.8 Å². The maximum absolute atomic E-state index is 13.8. The third-order valence-electron chi connectivity index (χ3n) is 5.71. The molecule has 2 saturated carbocycles. The molecule has 2 aliphatic rings. The maximum atomic E-state index is 13.8. The number of ether oxygens (including phenoxy) is 2. The Morgan fingerprint density at radius 2 is 1.68 bits per heavy atom. The van der Waals surface area contributed by atoms with E-state index in [1.165, 1.54) is 0 Å². The van der Waals surface area contributed by atoms with Crippen molar-refractivity contribution in [3.63, 3.8) is 0 Å². The summed E-state index contributed by atoms with van der Waals surface area (Å²) in [7, 11) is -6.53. The average molecular weight is 850 g/mol. The van der Waals surface area contributed by atoms with E-state index in [0.29, 0.717) is 16.4 Å². The summed E-state index contributed by atoms with van der Waals surface area (Å²) < 4.78 is 109. The monoisotopic (exact) mass is 850 g/mol. The zero-order chi connectivity index (χ0) is 25.8. The van der Waals surface area contributed by atoms with Crippen LogP contribution in [0.1, 0.15) is 29.6 Å². The van der Waals surface area contributed by atoms with Crippen LogP contribution in [0.2, 0.25) is 0 Å². The van der Waals surface area contributed by atoms with Crippen molar-refractivity contribution in [1.29, 1.82) is 0 Å². The molecule has 0 saturated heterocycles. The minimum absolute atomic E-state index is 0.0121. The zero-order valence-corrected chi connectivity index (χ0v) is 23.8. The van der Waals surface area contributed by atoms with Gasteiger partial charge in [-0.3, -0.25) is 9.35 Å². The highest BCUT2D eigenvalue weighted by Crippen LogP contribution is 2.51. The van der Waals surface area contributed by atoms with E-state index >= 15 is 0 Å². The van der Waals surface area contributed by atoms with Crippen molar-refractivity contribution in [1.82, 2.24) is 0 Å². The number of carbonyl (C=O) groups excluding carboxylic acids is 2. The molecule has 190 valence electrons. The van der Waals surface area contributed by atoms with Crippen LogP contribution in [0.25, 0.3) is 0 Å². The largest absolute Gasteiger partial charge is 0.458 e. The first kappa shape index (κ1) is 28.5. The number of rotatable bonds is 6. The summed E-state index contributed by atoms with van der Waals surface area (Å²) in [6.45, 7) is 0. The van der Waals surface area contributed by atoms with Gasteiger partial charge in [-0.15, -0.1) is 0 Å². The topological polar surface area (TPSA) is 107 Å². The molecule has 5 atom stereocenters. The van der Waals surface area contributed by atoms with E-state index in [1.807, 2.05) is 73.8 Å². The molecule has 0 spiro atoms. The highest BCUT2D eigenvalue weighted by Gasteiger charge is 2.66. The molecular formula is C18H14F5I3O7S. The molecule has 0 amide bonds. The summed E-state index contributed by atoms with van der Waals surface area (Å²) in [6, 6.07) is 3.43. The second kappa shape index (κ2) is 9.99. The molecule has 0 heterocycles. The fourth-order valence-electron chi connectivity index (χ4n) is 4.26. The Kier molecular flexibility index (Phi) is 8.37. The lowest BCUT2D eigenvalue weighted by molar-refractivity contribution is -0.261. The van der Waals surface area contributed by atoms with Gasteiger partial charge in [0.15, 0.2) is 0 Å². The fraction of sp³-hybridized carbons (Fsp3) is 0.556. The fourth-order valence-corrected chi connectivity index (χ4v) is 7.09. The van der Waals surface area contributed by atoms with Crippen molar-refractivity contribution in [3.05, 3.63) is 28.4 Å². The van der Waals surface area contributed by atoms with Crippen molar-refractivity contribution in [2.24, 2.45) is 17.8 Å². The minimum atomic E-state index is -6.53. The van der Waals surface area contributed by atoms with Gasteiger partial charge in [0.05, 0.1) is 11.5 Å². The quantitative estimate of drug-likeness (QED) is 0.141. The van der Waals surface area contributed by atoms with Crippen molar-refractivity contribution in [2.45, 2.75) is 42.9 Å². The zero-order valence-electron chi connectivity index (χ0n) is 16.5. The van der Waals surface area contributed by atoms with Crippen molar-refractivity contribution < 1.29 is 54.0 Å². The normalized spacial score (nSPS) is 25.8. The van der Waals surface area contributed by atoms with Gasteiger partial charge in [-0.25, -0.2) is 4.79 Å². The summed E-state index contributed by atoms with van der Waals surface area (Å²) in [5, 5.41) is -5.80. The van der Waals surface area contributed by atoms with Crippen LogP contribution in [0.15, 0.2) is 12.1 Å². The Morgan fingerprint density at radius 1 is 1.06 bits per heavy atom. The number of esters is 2. The molecule has 0 radical (unpaired) electrons. The van der Waals surface area contributed by atoms with Crippen molar-refractivity contribution in [2.75, 3.05) is 0 Å². The van der Waals surface area contributed by atoms with E-state index < -0.39 is 57.5 Å². The van der Waals surface area contributed by atoms with Crippen LogP contribution in [-0.2, 0) is 24.4 Å². The third kappa shape index (κ3) is 5.74. The standard InChI is InChI=1S/C18H14F5I3O7S/c19-17(20,21)16(18(22,23)34(29,30)31)33-14(27)9-2-6-1-8(9)12(3-6)32-15(28)10-4-7(24)5-11(25)13(10)26/h4-6,8-9,12,16H,1-3H2,(H,29,30,31). The number of hydrogen-bond acceptors (Lipinski definition) is 6. The number of alkyl halides is 5. The van der Waals surface area contributed by atoms with Crippen LogP contribution >= 0.6 is 67.8 Å². The molecule has 0 aliphatic heterocycles. The molecular weight excluding hydrogens is 836 g/mol. The molecule has 5 unspecified atom stereocenters. The number of benzene rings is 1. The summed E-state index contributed by atoms with van der Waals surface area (Å²) >= 11 is 6.02. The number of carbonyl (C=O) groups is 2. The molecule has 1 aromatic rings. The predicted octanol–water partition coefficient (Wildman–Crippen LogP) is 5.03. The highest BCUT2D eigenvalue weighted by atomic mass is 127. The van der Waals surface area contributed by atoms with Gasteiger partial charge in [-0.2, -0.15) is 30.4 Å². The molecule has 2 bridgehead atoms. The van der Waals surface area contributed by atoms with E-state index in [-0.39, 0.29) is 17.9 Å². The second-order valence-electron chi connectivity index (χ2n) is 7.93. The molecule has 1 aromatic carbocycles. The second-order valence-corrected chi connectivity index (χ2v) is 12.9. The predicted molar refractivity (Wildman–Crippen MR) is 131 cm³/mol. The van der Waals surface area contributed by atoms with Crippen molar-refractivity contribution in [3.8, 4) is 0 Å². The Hall–Kier alpha value is -0.0900. The number of hydrogen-bond donors (Lipinski definition) is 1. The van der Waals surface area contributed by atoms with Gasteiger partial charge < -0.3 is 9.47 Å². The highest BCUT2D eigenvalue weighted by molar-refractivity contribution is 14.1. The van der Waals surface area contributed by atoms with Gasteiger partial charge in [0.2, 0.25) is 0 Å². The van der Waals surface area contributed by atoms with Crippen LogP contribution < -0.4 is 0 Å². The summed E-state index contributed by atoms with van der Waals surface area (Å²) in [5.41, 5.74) is 0.267. The summed E-state index contributed by atoms with van der Waals surface area (Å²) in [4.78, 5) is 25.2. The first-order chi connectivity index (χ1) is 15.4. The van der Waals surface area contributed by atoms with Crippen LogP contribution in [-0.4, -0.2) is 48.5 Å². The van der Waals surface area contributed by atoms with Crippen LogP contribution in [0.5, 0.6) is 0 Å². The summed E-state index contributed by atoms with van der Waals surface area (Å²) in [6.07, 6.45) is -10.6. The molecule has 7 nitrogen and oxygen atoms in total. The lowest BCUT2D eigenvalue weighted by atomic mass is 9.86. The molecule has 34 heavy (non-hydrogen) atoms. The van der Waals surface area contributed by atoms with E-state index in [4.69, 9.17) is 9.29 Å². The van der Waals surface area contributed by atoms with Gasteiger partial charge in [0, 0.05) is 16.6 Å². The molecule has 0 aromatic heterocycles. The number of halogens is 8. The van der Waals surface area contributed by atoms with Gasteiger partial charge in [0.25, 0.3) is 6.10 Å². The van der Waals surface area contributed by atoms with Gasteiger partial charge in [0.1, 0.15) is 6.10 Å². The molecule has 16 heteroatoms. The van der Waals surface area contributed by atoms with Crippen LogP contribution in [0, 0.1) is 28.5 Å². The maximum Gasteiger partial charge on any atom is 0.432 e. The molecule has 1 N–H and O–H groups in total. The van der Waals surface area contributed by atoms with E-state index in [1.54, 1.807) is 6.07 Å². The third-order valence-corrected chi connectivity index (χ3v) is 10.3. The van der Waals surface area contributed by atoms with Gasteiger partial charge in [-0.05, 0) is 105 Å². The Morgan fingerprint density at radius 3 is 2.21 bits per heavy atom. The molecule has 2 fully saturated rings. The first-order valence-electron chi connectivity index (χ1n) is 9.41. The minimum Gasteiger partial charge on any atom is -0.458 e. The Balaban J connectivity index is 1.77. The molecule has 2 aliphatic carbocycles. The lowest BCUT2D eigenvalue weighted by Crippen LogP contribution is -2.53.